The van der Waals surface area contributed by atoms with Gasteiger partial charge in [0, 0.05) is 38.2 Å². The average molecular weight is 400 g/mol. The number of nitrogens with one attached hydrogen (secondary N) is 3. The molecular weight excluding hydrogens is 372 g/mol. The molecule has 2 fully saturated rings. The van der Waals surface area contributed by atoms with Crippen LogP contribution in [0.4, 0.5) is 0 Å². The van der Waals surface area contributed by atoms with Gasteiger partial charge in [-0.25, -0.2) is 0 Å². The molecule has 8 nitrogen and oxygen atoms in total. The molecule has 3 heterocycles. The lowest BCUT2D eigenvalue weighted by atomic mass is 9.88. The molecule has 156 valence electrons. The van der Waals surface area contributed by atoms with Crippen LogP contribution in [0.1, 0.15) is 47.7 Å². The van der Waals surface area contributed by atoms with Crippen LogP contribution in [0, 0.1) is 5.92 Å². The van der Waals surface area contributed by atoms with Crippen LogP contribution in [0.2, 0.25) is 0 Å². The van der Waals surface area contributed by atoms with Crippen LogP contribution in [0.5, 0.6) is 0 Å². The van der Waals surface area contributed by atoms with Gasteiger partial charge < -0.3 is 20.6 Å². The third kappa shape index (κ3) is 3.80. The topological polar surface area (TPSA) is 111 Å². The molecule has 4 N–H and O–H groups in total. The molecule has 29 heavy (non-hydrogen) atoms. The maximum Gasteiger partial charge on any atom is 0.255 e. The van der Waals surface area contributed by atoms with Crippen molar-refractivity contribution in [1.82, 2.24) is 20.9 Å². The first-order valence-corrected chi connectivity index (χ1v) is 10.3. The number of benzene rings is 1. The van der Waals surface area contributed by atoms with E-state index >= 15 is 0 Å². The molecule has 4 rings (SSSR count). The first-order chi connectivity index (χ1) is 13.9. The van der Waals surface area contributed by atoms with Gasteiger partial charge in [-0.1, -0.05) is 19.1 Å². The molecule has 3 aliphatic heterocycles. The zero-order valence-corrected chi connectivity index (χ0v) is 16.7. The van der Waals surface area contributed by atoms with Crippen molar-refractivity contribution in [2.75, 3.05) is 19.6 Å². The van der Waals surface area contributed by atoms with E-state index in [4.69, 9.17) is 0 Å². The summed E-state index contributed by atoms with van der Waals surface area (Å²) in [6.45, 7) is 5.14. The number of hydrogen-bond acceptors (Lipinski definition) is 6. The highest BCUT2D eigenvalue weighted by Gasteiger charge is 2.40. The molecule has 0 aliphatic carbocycles. The monoisotopic (exact) mass is 400 g/mol. The Balaban J connectivity index is 1.42. The number of nitrogens with zero attached hydrogens (tertiary/aromatic N) is 1. The first-order valence-electron chi connectivity index (χ1n) is 10.3. The Labute approximate surface area is 170 Å². The third-order valence-corrected chi connectivity index (χ3v) is 6.53. The average Bonchev–Trinajstić information content (AvgIpc) is 3.27. The molecule has 8 heteroatoms. The minimum Gasteiger partial charge on any atom is -0.388 e. The lowest BCUT2D eigenvalue weighted by molar-refractivity contribution is -0.136. The van der Waals surface area contributed by atoms with E-state index in [1.807, 2.05) is 19.1 Å². The molecule has 2 saturated heterocycles. The van der Waals surface area contributed by atoms with Crippen LogP contribution in [-0.2, 0) is 22.7 Å². The van der Waals surface area contributed by atoms with E-state index in [9.17, 15) is 19.5 Å². The van der Waals surface area contributed by atoms with Crippen molar-refractivity contribution in [3.05, 3.63) is 34.9 Å². The smallest absolute Gasteiger partial charge is 0.255 e. The number of imide groups is 1. The van der Waals surface area contributed by atoms with Crippen LogP contribution in [0.15, 0.2) is 18.2 Å². The Hall–Kier alpha value is -2.29. The summed E-state index contributed by atoms with van der Waals surface area (Å²) < 4.78 is 0. The highest BCUT2D eigenvalue weighted by atomic mass is 16.3. The van der Waals surface area contributed by atoms with Gasteiger partial charge in [0.15, 0.2) is 0 Å². The first kappa shape index (κ1) is 20.0. The van der Waals surface area contributed by atoms with Crippen molar-refractivity contribution >= 4 is 17.7 Å². The van der Waals surface area contributed by atoms with Gasteiger partial charge in [0.2, 0.25) is 11.8 Å². The Bertz CT molecular complexity index is 834. The fourth-order valence-corrected chi connectivity index (χ4v) is 4.55. The van der Waals surface area contributed by atoms with Crippen molar-refractivity contribution in [2.24, 2.45) is 5.92 Å². The van der Waals surface area contributed by atoms with Crippen molar-refractivity contribution in [1.29, 1.82) is 0 Å². The van der Waals surface area contributed by atoms with Crippen molar-refractivity contribution in [3.8, 4) is 0 Å². The van der Waals surface area contributed by atoms with Crippen LogP contribution in [0.3, 0.4) is 0 Å². The molecule has 0 spiro atoms. The van der Waals surface area contributed by atoms with Gasteiger partial charge >= 0.3 is 0 Å². The maximum atomic E-state index is 12.9. The molecule has 0 radical (unpaired) electrons. The van der Waals surface area contributed by atoms with Crippen LogP contribution >= 0.6 is 0 Å². The number of rotatable bonds is 6. The summed E-state index contributed by atoms with van der Waals surface area (Å²) in [5, 5.41) is 19.6. The Morgan fingerprint density at radius 1 is 1.34 bits per heavy atom. The molecular formula is C21H28N4O4. The maximum absolute atomic E-state index is 12.9. The summed E-state index contributed by atoms with van der Waals surface area (Å²) in [5.41, 5.74) is 1.91. The van der Waals surface area contributed by atoms with Crippen LogP contribution in [-0.4, -0.2) is 59.0 Å². The number of amides is 3. The number of hydrogen-bond donors (Lipinski definition) is 4. The number of aliphatic hydroxyl groups is 1. The SMILES string of the molecule is CC(CNCc1cccc2c1CN(C1CCC(=O)NC1=O)C2=O)C1(O)CCNC1. The predicted octanol–water partition coefficient (Wildman–Crippen LogP) is -0.102. The predicted molar refractivity (Wildman–Crippen MR) is 106 cm³/mol. The van der Waals surface area contributed by atoms with Crippen LogP contribution < -0.4 is 16.0 Å². The highest BCUT2D eigenvalue weighted by molar-refractivity contribution is 6.05. The van der Waals surface area contributed by atoms with E-state index in [-0.39, 0.29) is 24.2 Å². The quantitative estimate of drug-likeness (QED) is 0.496. The largest absolute Gasteiger partial charge is 0.388 e. The zero-order valence-electron chi connectivity index (χ0n) is 16.7. The van der Waals surface area contributed by atoms with E-state index in [0.717, 1.165) is 24.1 Å². The van der Waals surface area contributed by atoms with Gasteiger partial charge in [-0.3, -0.25) is 19.7 Å². The normalized spacial score (nSPS) is 27.9. The Kier molecular flexibility index (Phi) is 5.42. The Morgan fingerprint density at radius 2 is 2.17 bits per heavy atom. The molecule has 0 aromatic heterocycles. The van der Waals surface area contributed by atoms with Gasteiger partial charge in [0.1, 0.15) is 6.04 Å². The summed E-state index contributed by atoms with van der Waals surface area (Å²) in [6, 6.07) is 5.05. The summed E-state index contributed by atoms with van der Waals surface area (Å²) in [6.07, 6.45) is 1.37. The van der Waals surface area contributed by atoms with Crippen molar-refractivity contribution < 1.29 is 19.5 Å². The van der Waals surface area contributed by atoms with E-state index < -0.39 is 17.6 Å². The summed E-state index contributed by atoms with van der Waals surface area (Å²) in [7, 11) is 0. The molecule has 3 aliphatic rings. The number of piperidine rings is 1. The van der Waals surface area contributed by atoms with Crippen molar-refractivity contribution in [2.45, 2.75) is 50.9 Å². The second kappa shape index (κ2) is 7.85. The molecule has 3 atom stereocenters. The van der Waals surface area contributed by atoms with Gasteiger partial charge in [-0.15, -0.1) is 0 Å². The molecule has 3 unspecified atom stereocenters. The molecule has 0 bridgehead atoms. The third-order valence-electron chi connectivity index (χ3n) is 6.53. The lowest BCUT2D eigenvalue weighted by Crippen LogP contribution is -2.52. The molecule has 1 aromatic rings. The number of fused-ring (bicyclic) bond motifs is 1. The second-order valence-corrected chi connectivity index (χ2v) is 8.41. The summed E-state index contributed by atoms with van der Waals surface area (Å²) >= 11 is 0. The molecule has 0 saturated carbocycles. The fraction of sp³-hybridized carbons (Fsp3) is 0.571. The van der Waals surface area contributed by atoms with E-state index in [0.29, 0.717) is 38.2 Å². The standard InChI is InChI=1S/C21H28N4O4/c1-13(21(29)7-8-22-12-21)9-23-10-14-3-2-4-15-16(14)11-25(20(15)28)17-5-6-18(26)24-19(17)27/h2-4,13,17,22-23,29H,5-12H2,1H3,(H,24,26,27). The van der Waals surface area contributed by atoms with Gasteiger partial charge in [-0.2, -0.15) is 0 Å². The number of carbonyl (C=O) groups is 3. The van der Waals surface area contributed by atoms with E-state index in [2.05, 4.69) is 16.0 Å². The summed E-state index contributed by atoms with van der Waals surface area (Å²) in [5.74, 6) is -0.727. The minimum absolute atomic E-state index is 0.107. The van der Waals surface area contributed by atoms with Gasteiger partial charge in [0.05, 0.1) is 5.60 Å². The molecule has 1 aromatic carbocycles. The number of β-amino-alcohol motifs (C(OH)–C–C–N with tert-alkyl or cyclic N) is 1. The fourth-order valence-electron chi connectivity index (χ4n) is 4.55. The molecule has 3 amide bonds. The number of carbonyl (C=O) groups excluding carboxylic acids is 3. The van der Waals surface area contributed by atoms with Crippen molar-refractivity contribution in [3.63, 3.8) is 0 Å². The van der Waals surface area contributed by atoms with Gasteiger partial charge in [-0.05, 0) is 42.5 Å². The lowest BCUT2D eigenvalue weighted by Gasteiger charge is -2.29. The van der Waals surface area contributed by atoms with Gasteiger partial charge in [0.25, 0.3) is 5.91 Å². The summed E-state index contributed by atoms with van der Waals surface area (Å²) in [4.78, 5) is 38.1. The van der Waals surface area contributed by atoms with Crippen LogP contribution in [0.25, 0.3) is 0 Å². The Morgan fingerprint density at radius 3 is 2.90 bits per heavy atom. The van der Waals surface area contributed by atoms with E-state index in [1.54, 1.807) is 11.0 Å². The highest BCUT2D eigenvalue weighted by Crippen LogP contribution is 2.30. The zero-order chi connectivity index (χ0) is 20.6. The van der Waals surface area contributed by atoms with E-state index in [1.165, 1.54) is 0 Å². The second-order valence-electron chi connectivity index (χ2n) is 8.41. The minimum atomic E-state index is -0.676.